The molecule has 0 aliphatic carbocycles. The maximum absolute atomic E-state index is 12.8. The molecule has 2 aromatic rings. The number of fused-ring (bicyclic) bond motifs is 1. The first-order valence-corrected chi connectivity index (χ1v) is 11.5. The fraction of sp³-hybridized carbons (Fsp3) is 0.300. The number of amides is 1. The minimum absolute atomic E-state index is 0.0724. The second-order valence-corrected chi connectivity index (χ2v) is 9.34. The summed E-state index contributed by atoms with van der Waals surface area (Å²) < 4.78 is 31.9. The minimum atomic E-state index is -4.00. The summed E-state index contributed by atoms with van der Waals surface area (Å²) >= 11 is 11.6. The van der Waals surface area contributed by atoms with E-state index >= 15 is 0 Å². The van der Waals surface area contributed by atoms with Crippen molar-refractivity contribution < 1.29 is 22.7 Å². The number of para-hydroxylation sites is 1. The number of benzene rings is 2. The first-order chi connectivity index (χ1) is 14.2. The minimum Gasteiger partial charge on any atom is -0.452 e. The number of esters is 1. The molecule has 0 saturated carbocycles. The topological polar surface area (TPSA) is 92.8 Å². The standard InChI is InChI=1S/C20H20Cl2N2O5S/c1-13(20(26)24-10-4-6-14-5-2-3-7-18(14)24)29-19(25)12-23-30(27,28)15-8-9-16(21)17(22)11-15/h2-3,5,7-9,11,13,23H,4,6,10,12H2,1H3. The Morgan fingerprint density at radius 3 is 2.63 bits per heavy atom. The molecule has 3 rings (SSSR count). The van der Waals surface area contributed by atoms with Gasteiger partial charge in [0.15, 0.2) is 6.10 Å². The van der Waals surface area contributed by atoms with Crippen molar-refractivity contribution >= 4 is 50.8 Å². The molecule has 2 aromatic carbocycles. The maximum atomic E-state index is 12.8. The molecular weight excluding hydrogens is 451 g/mol. The van der Waals surface area contributed by atoms with Crippen LogP contribution in [0.15, 0.2) is 47.4 Å². The van der Waals surface area contributed by atoms with E-state index in [9.17, 15) is 18.0 Å². The third-order valence-electron chi connectivity index (χ3n) is 4.64. The van der Waals surface area contributed by atoms with E-state index in [0.29, 0.717) is 6.54 Å². The number of aryl methyl sites for hydroxylation is 1. The number of nitrogens with zero attached hydrogens (tertiary/aromatic N) is 1. The summed E-state index contributed by atoms with van der Waals surface area (Å²) in [6.45, 7) is 1.36. The van der Waals surface area contributed by atoms with Crippen molar-refractivity contribution in [1.82, 2.24) is 4.72 Å². The Labute approximate surface area is 185 Å². The average molecular weight is 471 g/mol. The number of carbonyl (C=O) groups excluding carboxylic acids is 2. The van der Waals surface area contributed by atoms with E-state index in [1.165, 1.54) is 25.1 Å². The van der Waals surface area contributed by atoms with E-state index in [1.807, 2.05) is 24.3 Å². The smallest absolute Gasteiger partial charge is 0.321 e. The Kier molecular flexibility index (Phi) is 7.02. The molecule has 10 heteroatoms. The van der Waals surface area contributed by atoms with Gasteiger partial charge in [0.1, 0.15) is 6.54 Å². The predicted octanol–water partition coefficient (Wildman–Crippen LogP) is 3.18. The van der Waals surface area contributed by atoms with Gasteiger partial charge >= 0.3 is 5.97 Å². The maximum Gasteiger partial charge on any atom is 0.321 e. The summed E-state index contributed by atoms with van der Waals surface area (Å²) in [4.78, 5) is 26.3. The van der Waals surface area contributed by atoms with Crippen LogP contribution in [0.3, 0.4) is 0 Å². The Morgan fingerprint density at radius 2 is 1.90 bits per heavy atom. The normalized spacial score (nSPS) is 14.7. The van der Waals surface area contributed by atoms with Crippen molar-refractivity contribution in [3.63, 3.8) is 0 Å². The number of hydrogen-bond acceptors (Lipinski definition) is 5. The van der Waals surface area contributed by atoms with Gasteiger partial charge in [0.25, 0.3) is 5.91 Å². The number of ether oxygens (including phenoxy) is 1. The van der Waals surface area contributed by atoms with E-state index in [0.717, 1.165) is 24.1 Å². The van der Waals surface area contributed by atoms with Crippen LogP contribution in [0.1, 0.15) is 18.9 Å². The van der Waals surface area contributed by atoms with Crippen molar-refractivity contribution in [1.29, 1.82) is 0 Å². The van der Waals surface area contributed by atoms with Gasteiger partial charge in [0.05, 0.1) is 14.9 Å². The second kappa shape index (κ2) is 9.34. The van der Waals surface area contributed by atoms with Crippen LogP contribution < -0.4 is 9.62 Å². The molecule has 0 aromatic heterocycles. The van der Waals surface area contributed by atoms with Gasteiger partial charge in [0.2, 0.25) is 10.0 Å². The molecule has 1 heterocycles. The van der Waals surface area contributed by atoms with Crippen LogP contribution in [0.5, 0.6) is 0 Å². The Balaban J connectivity index is 1.59. The van der Waals surface area contributed by atoms with Crippen LogP contribution in [-0.2, 0) is 30.8 Å². The Morgan fingerprint density at radius 1 is 1.17 bits per heavy atom. The fourth-order valence-corrected chi connectivity index (χ4v) is 4.51. The quantitative estimate of drug-likeness (QED) is 0.654. The summed E-state index contributed by atoms with van der Waals surface area (Å²) in [6, 6.07) is 11.4. The van der Waals surface area contributed by atoms with Gasteiger partial charge in [-0.05, 0) is 49.6 Å². The molecule has 1 aliphatic rings. The predicted molar refractivity (Wildman–Crippen MR) is 114 cm³/mol. The fourth-order valence-electron chi connectivity index (χ4n) is 3.15. The lowest BCUT2D eigenvalue weighted by molar-refractivity contribution is -0.152. The van der Waals surface area contributed by atoms with Gasteiger partial charge in [-0.3, -0.25) is 9.59 Å². The summed E-state index contributed by atoms with van der Waals surface area (Å²) in [5.41, 5.74) is 1.86. The number of rotatable bonds is 6. The molecule has 0 fully saturated rings. The monoisotopic (exact) mass is 470 g/mol. The Hall–Kier alpha value is -2.13. The van der Waals surface area contributed by atoms with E-state index in [2.05, 4.69) is 4.72 Å². The zero-order valence-electron chi connectivity index (χ0n) is 16.1. The molecule has 1 N–H and O–H groups in total. The molecule has 1 aliphatic heterocycles. The molecule has 7 nitrogen and oxygen atoms in total. The lowest BCUT2D eigenvalue weighted by Gasteiger charge is -2.31. The molecule has 0 bridgehead atoms. The van der Waals surface area contributed by atoms with Gasteiger partial charge in [-0.15, -0.1) is 0 Å². The number of sulfonamides is 1. The molecule has 0 spiro atoms. The van der Waals surface area contributed by atoms with Gasteiger partial charge in [0, 0.05) is 12.2 Å². The first-order valence-electron chi connectivity index (χ1n) is 9.22. The lowest BCUT2D eigenvalue weighted by Crippen LogP contribution is -2.43. The highest BCUT2D eigenvalue weighted by Gasteiger charge is 2.28. The number of nitrogens with one attached hydrogen (secondary N) is 1. The molecule has 1 amide bonds. The zero-order chi connectivity index (χ0) is 21.9. The molecule has 1 atom stereocenters. The van der Waals surface area contributed by atoms with Crippen molar-refractivity contribution in [3.05, 3.63) is 58.1 Å². The van der Waals surface area contributed by atoms with Crippen molar-refractivity contribution in [2.75, 3.05) is 18.0 Å². The Bertz CT molecular complexity index is 1070. The summed E-state index contributed by atoms with van der Waals surface area (Å²) in [5.74, 6) is -1.23. The third kappa shape index (κ3) is 5.13. The van der Waals surface area contributed by atoms with E-state index < -0.39 is 28.6 Å². The first kappa shape index (κ1) is 22.6. The lowest BCUT2D eigenvalue weighted by atomic mass is 10.0. The molecule has 1 unspecified atom stereocenters. The highest BCUT2D eigenvalue weighted by atomic mass is 35.5. The zero-order valence-corrected chi connectivity index (χ0v) is 18.4. The van der Waals surface area contributed by atoms with Gasteiger partial charge in [-0.1, -0.05) is 41.4 Å². The number of carbonyl (C=O) groups is 2. The van der Waals surface area contributed by atoms with Gasteiger partial charge in [-0.25, -0.2) is 8.42 Å². The highest BCUT2D eigenvalue weighted by molar-refractivity contribution is 7.89. The molecule has 0 saturated heterocycles. The van der Waals surface area contributed by atoms with Gasteiger partial charge < -0.3 is 9.64 Å². The van der Waals surface area contributed by atoms with Crippen molar-refractivity contribution in [3.8, 4) is 0 Å². The van der Waals surface area contributed by atoms with E-state index in [1.54, 1.807) is 4.90 Å². The third-order valence-corrected chi connectivity index (χ3v) is 6.78. The van der Waals surface area contributed by atoms with Crippen molar-refractivity contribution in [2.45, 2.75) is 30.8 Å². The van der Waals surface area contributed by atoms with Crippen LogP contribution >= 0.6 is 23.2 Å². The molecule has 0 radical (unpaired) electrons. The largest absolute Gasteiger partial charge is 0.452 e. The van der Waals surface area contributed by atoms with Crippen LogP contribution in [0.25, 0.3) is 0 Å². The molecule has 160 valence electrons. The SMILES string of the molecule is CC(OC(=O)CNS(=O)(=O)c1ccc(Cl)c(Cl)c1)C(=O)N1CCCc2ccccc21. The number of hydrogen-bond donors (Lipinski definition) is 1. The van der Waals surface area contributed by atoms with Crippen LogP contribution in [0.2, 0.25) is 10.0 Å². The second-order valence-electron chi connectivity index (χ2n) is 6.75. The van der Waals surface area contributed by atoms with E-state index in [-0.39, 0.29) is 20.8 Å². The molecule has 30 heavy (non-hydrogen) atoms. The summed E-state index contributed by atoms with van der Waals surface area (Å²) in [5, 5.41) is 0.282. The summed E-state index contributed by atoms with van der Waals surface area (Å²) in [7, 11) is -4.00. The molecular formula is C20H20Cl2N2O5S. The van der Waals surface area contributed by atoms with Crippen LogP contribution in [-0.4, -0.2) is 39.5 Å². The van der Waals surface area contributed by atoms with Crippen LogP contribution in [0, 0.1) is 0 Å². The number of anilines is 1. The van der Waals surface area contributed by atoms with Crippen LogP contribution in [0.4, 0.5) is 5.69 Å². The van der Waals surface area contributed by atoms with Gasteiger partial charge in [-0.2, -0.15) is 4.72 Å². The summed E-state index contributed by atoms with van der Waals surface area (Å²) in [6.07, 6.45) is 0.635. The average Bonchev–Trinajstić information content (AvgIpc) is 2.73. The number of halogens is 2. The van der Waals surface area contributed by atoms with E-state index in [4.69, 9.17) is 27.9 Å². The highest BCUT2D eigenvalue weighted by Crippen LogP contribution is 2.27. The van der Waals surface area contributed by atoms with Crippen molar-refractivity contribution in [2.24, 2.45) is 0 Å².